The van der Waals surface area contributed by atoms with Crippen LogP contribution in [0.2, 0.25) is 0 Å². The lowest BCUT2D eigenvalue weighted by molar-refractivity contribution is 0.356. The van der Waals surface area contributed by atoms with Crippen LogP contribution in [0.15, 0.2) is 35.1 Å². The number of nitrogens with one attached hydrogen (secondary N) is 1. The maximum absolute atomic E-state index is 14.3. The number of aromatic nitrogens is 2. The van der Waals surface area contributed by atoms with Crippen molar-refractivity contribution in [1.29, 1.82) is 0 Å². The molecule has 128 valence electrons. The highest BCUT2D eigenvalue weighted by molar-refractivity contribution is 9.10. The molecule has 2 aromatic heterocycles. The number of fused-ring (bicyclic) bond motifs is 2. The Kier molecular flexibility index (Phi) is 4.17. The van der Waals surface area contributed by atoms with Gasteiger partial charge in [0.1, 0.15) is 17.4 Å². The molecule has 3 aromatic rings. The van der Waals surface area contributed by atoms with Crippen molar-refractivity contribution in [2.24, 2.45) is 0 Å². The minimum atomic E-state index is -0.238. The summed E-state index contributed by atoms with van der Waals surface area (Å²) in [5.41, 5.74) is 1.54. The van der Waals surface area contributed by atoms with E-state index in [4.69, 9.17) is 9.47 Å². The predicted octanol–water partition coefficient (Wildman–Crippen LogP) is 4.09. The molecule has 0 unspecified atom stereocenters. The van der Waals surface area contributed by atoms with Gasteiger partial charge in [0.05, 0.1) is 13.7 Å². The standard InChI is InChI=1S/C18H15BrFN3O2/c1-24-17-6-11-13(8-21-17)18(23-9-14(11)19)22-7-12-10-4-5-25-16(10)3-2-15(12)20/h2-3,6,8-9H,4-5,7H2,1H3,(H,22,23). The van der Waals surface area contributed by atoms with Gasteiger partial charge in [-0.15, -0.1) is 0 Å². The molecule has 1 aliphatic rings. The fourth-order valence-electron chi connectivity index (χ4n) is 3.01. The molecule has 25 heavy (non-hydrogen) atoms. The minimum Gasteiger partial charge on any atom is -0.493 e. The van der Waals surface area contributed by atoms with Crippen molar-refractivity contribution in [2.45, 2.75) is 13.0 Å². The van der Waals surface area contributed by atoms with Crippen molar-refractivity contribution in [2.75, 3.05) is 19.0 Å². The highest BCUT2D eigenvalue weighted by Gasteiger charge is 2.19. The van der Waals surface area contributed by atoms with Crippen LogP contribution in [0.25, 0.3) is 10.8 Å². The van der Waals surface area contributed by atoms with Crippen LogP contribution in [0.1, 0.15) is 11.1 Å². The van der Waals surface area contributed by atoms with Gasteiger partial charge >= 0.3 is 0 Å². The summed E-state index contributed by atoms with van der Waals surface area (Å²) >= 11 is 3.49. The van der Waals surface area contributed by atoms with Gasteiger partial charge in [0.15, 0.2) is 0 Å². The summed E-state index contributed by atoms with van der Waals surface area (Å²) in [6, 6.07) is 4.96. The number of pyridine rings is 2. The van der Waals surface area contributed by atoms with Gasteiger partial charge in [-0.2, -0.15) is 0 Å². The molecular weight excluding hydrogens is 389 g/mol. The molecule has 0 spiro atoms. The van der Waals surface area contributed by atoms with E-state index in [1.807, 2.05) is 6.07 Å². The molecule has 0 amide bonds. The number of methoxy groups -OCH3 is 1. The molecule has 4 rings (SSSR count). The number of rotatable bonds is 4. The molecule has 0 saturated carbocycles. The number of hydrogen-bond donors (Lipinski definition) is 1. The molecule has 3 heterocycles. The Morgan fingerprint density at radius 1 is 1.28 bits per heavy atom. The lowest BCUT2D eigenvalue weighted by Crippen LogP contribution is -2.07. The second kappa shape index (κ2) is 6.48. The Bertz CT molecular complexity index is 965. The summed E-state index contributed by atoms with van der Waals surface area (Å²) in [4.78, 5) is 8.65. The van der Waals surface area contributed by atoms with Crippen molar-refractivity contribution in [3.05, 3.63) is 52.0 Å². The maximum atomic E-state index is 14.3. The van der Waals surface area contributed by atoms with Crippen LogP contribution in [-0.4, -0.2) is 23.7 Å². The summed E-state index contributed by atoms with van der Waals surface area (Å²) in [6.45, 7) is 0.920. The molecule has 1 aliphatic heterocycles. The third-order valence-corrected chi connectivity index (χ3v) is 4.91. The zero-order chi connectivity index (χ0) is 17.4. The van der Waals surface area contributed by atoms with Crippen molar-refractivity contribution >= 4 is 32.5 Å². The summed E-state index contributed by atoms with van der Waals surface area (Å²) in [5.74, 6) is 1.69. The third kappa shape index (κ3) is 2.89. The first kappa shape index (κ1) is 16.1. The first-order chi connectivity index (χ1) is 12.2. The van der Waals surface area contributed by atoms with Crippen LogP contribution >= 0.6 is 15.9 Å². The lowest BCUT2D eigenvalue weighted by atomic mass is 10.0. The second-order valence-electron chi connectivity index (χ2n) is 5.68. The molecule has 7 heteroatoms. The largest absolute Gasteiger partial charge is 0.493 e. The average molecular weight is 404 g/mol. The molecule has 1 N–H and O–H groups in total. The monoisotopic (exact) mass is 403 g/mol. The fraction of sp³-hybridized carbons (Fsp3) is 0.222. The van der Waals surface area contributed by atoms with Gasteiger partial charge in [0.25, 0.3) is 0 Å². The van der Waals surface area contributed by atoms with E-state index in [-0.39, 0.29) is 5.82 Å². The van der Waals surface area contributed by atoms with Gasteiger partial charge in [-0.05, 0) is 28.1 Å². The third-order valence-electron chi connectivity index (χ3n) is 4.28. The SMILES string of the molecule is COc1cc2c(Br)cnc(NCc3c(F)ccc4c3CCO4)c2cn1. The van der Waals surface area contributed by atoms with E-state index in [1.165, 1.54) is 6.07 Å². The van der Waals surface area contributed by atoms with Crippen LogP contribution < -0.4 is 14.8 Å². The van der Waals surface area contributed by atoms with Crippen LogP contribution in [0, 0.1) is 5.82 Å². The van der Waals surface area contributed by atoms with Gasteiger partial charge in [0, 0.05) is 57.8 Å². The van der Waals surface area contributed by atoms with E-state index in [1.54, 1.807) is 25.6 Å². The average Bonchev–Trinajstić information content (AvgIpc) is 3.11. The number of halogens is 2. The quantitative estimate of drug-likeness (QED) is 0.710. The van der Waals surface area contributed by atoms with Crippen LogP contribution in [-0.2, 0) is 13.0 Å². The summed E-state index contributed by atoms with van der Waals surface area (Å²) in [5, 5.41) is 4.99. The van der Waals surface area contributed by atoms with Gasteiger partial charge in [-0.25, -0.2) is 14.4 Å². The highest BCUT2D eigenvalue weighted by atomic mass is 79.9. The Hall–Kier alpha value is -2.41. The Morgan fingerprint density at radius 2 is 2.16 bits per heavy atom. The molecule has 5 nitrogen and oxygen atoms in total. The first-order valence-electron chi connectivity index (χ1n) is 7.82. The number of ether oxygens (including phenoxy) is 2. The van der Waals surface area contributed by atoms with Gasteiger partial charge in [-0.1, -0.05) is 0 Å². The number of nitrogens with zero attached hydrogens (tertiary/aromatic N) is 2. The summed E-state index contributed by atoms with van der Waals surface area (Å²) in [6.07, 6.45) is 4.12. The van der Waals surface area contributed by atoms with Crippen LogP contribution in [0.3, 0.4) is 0 Å². The van der Waals surface area contributed by atoms with Gasteiger partial charge in [0.2, 0.25) is 5.88 Å². The predicted molar refractivity (Wildman–Crippen MR) is 96.7 cm³/mol. The van der Waals surface area contributed by atoms with Crippen molar-refractivity contribution < 1.29 is 13.9 Å². The fourth-order valence-corrected chi connectivity index (χ4v) is 3.44. The van der Waals surface area contributed by atoms with Crippen molar-refractivity contribution in [3.63, 3.8) is 0 Å². The number of anilines is 1. The topological polar surface area (TPSA) is 56.3 Å². The van der Waals surface area contributed by atoms with Crippen molar-refractivity contribution in [1.82, 2.24) is 9.97 Å². The Balaban J connectivity index is 1.69. The van der Waals surface area contributed by atoms with E-state index in [0.717, 1.165) is 33.0 Å². The molecule has 0 saturated heterocycles. The Morgan fingerprint density at radius 3 is 3.00 bits per heavy atom. The van der Waals surface area contributed by atoms with Crippen LogP contribution in [0.4, 0.5) is 10.2 Å². The van der Waals surface area contributed by atoms with E-state index in [0.29, 0.717) is 30.4 Å². The first-order valence-corrected chi connectivity index (χ1v) is 8.62. The molecule has 0 bridgehead atoms. The number of benzene rings is 1. The number of hydrogen-bond acceptors (Lipinski definition) is 5. The molecule has 1 aromatic carbocycles. The smallest absolute Gasteiger partial charge is 0.213 e. The zero-order valence-corrected chi connectivity index (χ0v) is 15.1. The van der Waals surface area contributed by atoms with E-state index < -0.39 is 0 Å². The lowest BCUT2D eigenvalue weighted by Gasteiger charge is -2.13. The molecule has 0 fully saturated rings. The molecule has 0 atom stereocenters. The minimum absolute atomic E-state index is 0.238. The molecule has 0 aliphatic carbocycles. The normalized spacial score (nSPS) is 12.8. The second-order valence-corrected chi connectivity index (χ2v) is 6.54. The Labute approximate surface area is 152 Å². The molecule has 0 radical (unpaired) electrons. The van der Waals surface area contributed by atoms with E-state index >= 15 is 0 Å². The van der Waals surface area contributed by atoms with Gasteiger partial charge < -0.3 is 14.8 Å². The van der Waals surface area contributed by atoms with Crippen molar-refractivity contribution in [3.8, 4) is 11.6 Å². The zero-order valence-electron chi connectivity index (χ0n) is 13.5. The summed E-state index contributed by atoms with van der Waals surface area (Å²) in [7, 11) is 1.57. The van der Waals surface area contributed by atoms with Crippen LogP contribution in [0.5, 0.6) is 11.6 Å². The molecular formula is C18H15BrFN3O2. The highest BCUT2D eigenvalue weighted by Crippen LogP contribution is 2.32. The van der Waals surface area contributed by atoms with Gasteiger partial charge in [-0.3, -0.25) is 0 Å². The van der Waals surface area contributed by atoms with E-state index in [2.05, 4.69) is 31.2 Å². The maximum Gasteiger partial charge on any atom is 0.213 e. The summed E-state index contributed by atoms with van der Waals surface area (Å²) < 4.78 is 25.8. The van der Waals surface area contributed by atoms with E-state index in [9.17, 15) is 4.39 Å².